The molecule has 0 bridgehead atoms. The maximum Gasteiger partial charge on any atom is 0.239 e. The second-order valence-electron chi connectivity index (χ2n) is 4.82. The van der Waals surface area contributed by atoms with E-state index in [1.807, 2.05) is 6.92 Å². The molecular formula is C14H19FN2O2. The van der Waals surface area contributed by atoms with E-state index < -0.39 is 0 Å². The first kappa shape index (κ1) is 14.0. The first-order chi connectivity index (χ1) is 9.15. The predicted octanol–water partition coefficient (Wildman–Crippen LogP) is 0.861. The van der Waals surface area contributed by atoms with Crippen molar-refractivity contribution in [2.45, 2.75) is 25.4 Å². The third-order valence-electron chi connectivity index (χ3n) is 3.08. The first-order valence-corrected chi connectivity index (χ1v) is 6.51. The molecule has 1 aliphatic heterocycles. The summed E-state index contributed by atoms with van der Waals surface area (Å²) in [5, 5.41) is 6.05. The van der Waals surface area contributed by atoms with E-state index in [9.17, 15) is 9.18 Å². The maximum absolute atomic E-state index is 12.8. The van der Waals surface area contributed by atoms with Gasteiger partial charge in [0.2, 0.25) is 5.91 Å². The summed E-state index contributed by atoms with van der Waals surface area (Å²) in [6, 6.07) is 6.06. The van der Waals surface area contributed by atoms with E-state index in [1.165, 1.54) is 12.1 Å². The molecule has 0 saturated carbocycles. The molecule has 2 atom stereocenters. The van der Waals surface area contributed by atoms with Crippen LogP contribution in [-0.4, -0.2) is 37.7 Å². The van der Waals surface area contributed by atoms with Crippen LogP contribution in [0.1, 0.15) is 12.5 Å². The van der Waals surface area contributed by atoms with Crippen molar-refractivity contribution in [3.63, 3.8) is 0 Å². The van der Waals surface area contributed by atoms with Gasteiger partial charge in [-0.1, -0.05) is 12.1 Å². The number of benzene rings is 1. The number of ether oxygens (including phenoxy) is 1. The third kappa shape index (κ3) is 4.29. The van der Waals surface area contributed by atoms with Gasteiger partial charge in [-0.3, -0.25) is 4.79 Å². The Morgan fingerprint density at radius 2 is 2.26 bits per heavy atom. The van der Waals surface area contributed by atoms with Gasteiger partial charge >= 0.3 is 0 Å². The number of morpholine rings is 1. The monoisotopic (exact) mass is 266 g/mol. The van der Waals surface area contributed by atoms with Gasteiger partial charge in [-0.15, -0.1) is 0 Å². The largest absolute Gasteiger partial charge is 0.378 e. The molecule has 5 heteroatoms. The van der Waals surface area contributed by atoms with Crippen molar-refractivity contribution in [2.24, 2.45) is 0 Å². The minimum Gasteiger partial charge on any atom is -0.378 e. The lowest BCUT2D eigenvalue weighted by Gasteiger charge is -2.24. The Balaban J connectivity index is 1.81. The van der Waals surface area contributed by atoms with E-state index in [4.69, 9.17) is 4.74 Å². The number of carbonyl (C=O) groups excluding carboxylic acids is 1. The molecule has 1 fully saturated rings. The van der Waals surface area contributed by atoms with E-state index in [0.29, 0.717) is 26.2 Å². The standard InChI is InChI=1S/C14H19FN2O2/c1-10(8-11-2-4-12(15)5-3-11)17-14(18)13-9-19-7-6-16-13/h2-5,10,13,16H,6-9H2,1H3,(H,17,18). The average Bonchev–Trinajstić information content (AvgIpc) is 2.42. The highest BCUT2D eigenvalue weighted by molar-refractivity contribution is 5.82. The van der Waals surface area contributed by atoms with E-state index in [2.05, 4.69) is 10.6 Å². The van der Waals surface area contributed by atoms with Crippen molar-refractivity contribution in [3.8, 4) is 0 Å². The number of rotatable bonds is 4. The van der Waals surface area contributed by atoms with Gasteiger partial charge in [-0.25, -0.2) is 4.39 Å². The summed E-state index contributed by atoms with van der Waals surface area (Å²) in [5.41, 5.74) is 1.00. The number of nitrogens with one attached hydrogen (secondary N) is 2. The van der Waals surface area contributed by atoms with Crippen molar-refractivity contribution in [2.75, 3.05) is 19.8 Å². The quantitative estimate of drug-likeness (QED) is 0.850. The summed E-state index contributed by atoms with van der Waals surface area (Å²) >= 11 is 0. The smallest absolute Gasteiger partial charge is 0.239 e. The Bertz CT molecular complexity index is 416. The van der Waals surface area contributed by atoms with Gasteiger partial charge in [0.15, 0.2) is 0 Å². The molecule has 4 nitrogen and oxygen atoms in total. The van der Waals surface area contributed by atoms with Crippen molar-refractivity contribution >= 4 is 5.91 Å². The van der Waals surface area contributed by atoms with Crippen LogP contribution >= 0.6 is 0 Å². The number of hydrogen-bond acceptors (Lipinski definition) is 3. The van der Waals surface area contributed by atoms with Crippen LogP contribution in [0.15, 0.2) is 24.3 Å². The Kier molecular flexibility index (Phi) is 4.87. The normalized spacial score (nSPS) is 20.8. The fourth-order valence-corrected chi connectivity index (χ4v) is 2.10. The van der Waals surface area contributed by atoms with Gasteiger partial charge in [-0.2, -0.15) is 0 Å². The van der Waals surface area contributed by atoms with Crippen molar-refractivity contribution in [1.82, 2.24) is 10.6 Å². The van der Waals surface area contributed by atoms with Gasteiger partial charge in [0, 0.05) is 12.6 Å². The van der Waals surface area contributed by atoms with Crippen molar-refractivity contribution in [1.29, 1.82) is 0 Å². The second-order valence-corrected chi connectivity index (χ2v) is 4.82. The minimum absolute atomic E-state index is 0.00156. The summed E-state index contributed by atoms with van der Waals surface area (Å²) in [6.07, 6.45) is 0.680. The molecule has 2 rings (SSSR count). The molecule has 19 heavy (non-hydrogen) atoms. The zero-order valence-corrected chi connectivity index (χ0v) is 11.0. The van der Waals surface area contributed by atoms with E-state index in [-0.39, 0.29) is 23.8 Å². The van der Waals surface area contributed by atoms with E-state index >= 15 is 0 Å². The molecule has 1 aromatic carbocycles. The molecule has 2 unspecified atom stereocenters. The Hall–Kier alpha value is -1.46. The summed E-state index contributed by atoms with van der Waals surface area (Å²) in [5.74, 6) is -0.293. The highest BCUT2D eigenvalue weighted by atomic mass is 19.1. The van der Waals surface area contributed by atoms with Crippen LogP contribution in [0.5, 0.6) is 0 Å². The Morgan fingerprint density at radius 1 is 1.53 bits per heavy atom. The molecule has 0 spiro atoms. The van der Waals surface area contributed by atoms with Crippen LogP contribution in [0.4, 0.5) is 4.39 Å². The van der Waals surface area contributed by atoms with Crippen molar-refractivity contribution < 1.29 is 13.9 Å². The second kappa shape index (κ2) is 6.63. The molecule has 0 aromatic heterocycles. The molecule has 104 valence electrons. The van der Waals surface area contributed by atoms with Crippen LogP contribution in [0.3, 0.4) is 0 Å². The van der Waals surface area contributed by atoms with E-state index in [1.54, 1.807) is 12.1 Å². The van der Waals surface area contributed by atoms with Gasteiger partial charge in [-0.05, 0) is 31.0 Å². The molecule has 1 aliphatic rings. The molecular weight excluding hydrogens is 247 g/mol. The zero-order valence-electron chi connectivity index (χ0n) is 11.0. The molecule has 0 aliphatic carbocycles. The average molecular weight is 266 g/mol. The fourth-order valence-electron chi connectivity index (χ4n) is 2.10. The number of hydrogen-bond donors (Lipinski definition) is 2. The number of amides is 1. The van der Waals surface area contributed by atoms with Crippen LogP contribution in [0.2, 0.25) is 0 Å². The summed E-state index contributed by atoms with van der Waals surface area (Å²) < 4.78 is 18.0. The molecule has 1 saturated heterocycles. The Morgan fingerprint density at radius 3 is 2.89 bits per heavy atom. The lowest BCUT2D eigenvalue weighted by atomic mass is 10.1. The fraction of sp³-hybridized carbons (Fsp3) is 0.500. The summed E-state index contributed by atoms with van der Waals surface area (Å²) in [4.78, 5) is 11.9. The number of carbonyl (C=O) groups is 1. The third-order valence-corrected chi connectivity index (χ3v) is 3.08. The van der Waals surface area contributed by atoms with Gasteiger partial charge in [0.25, 0.3) is 0 Å². The SMILES string of the molecule is CC(Cc1ccc(F)cc1)NC(=O)C1COCCN1. The minimum atomic E-state index is -0.274. The van der Waals surface area contributed by atoms with E-state index in [0.717, 1.165) is 5.56 Å². The molecule has 0 radical (unpaired) electrons. The first-order valence-electron chi connectivity index (χ1n) is 6.51. The van der Waals surface area contributed by atoms with Crippen LogP contribution in [0, 0.1) is 5.82 Å². The Labute approximate surface area is 112 Å². The topological polar surface area (TPSA) is 50.4 Å². The lowest BCUT2D eigenvalue weighted by molar-refractivity contribution is -0.126. The highest BCUT2D eigenvalue weighted by Gasteiger charge is 2.22. The van der Waals surface area contributed by atoms with Crippen LogP contribution in [0.25, 0.3) is 0 Å². The lowest BCUT2D eigenvalue weighted by Crippen LogP contribution is -2.53. The van der Waals surface area contributed by atoms with Gasteiger partial charge in [0.05, 0.1) is 13.2 Å². The van der Waals surface area contributed by atoms with Gasteiger partial charge < -0.3 is 15.4 Å². The summed E-state index contributed by atoms with van der Waals surface area (Å²) in [7, 11) is 0. The maximum atomic E-state index is 12.8. The van der Waals surface area contributed by atoms with Crippen LogP contribution in [-0.2, 0) is 16.0 Å². The van der Waals surface area contributed by atoms with Gasteiger partial charge in [0.1, 0.15) is 11.9 Å². The summed E-state index contributed by atoms with van der Waals surface area (Å²) in [6.45, 7) is 3.69. The molecule has 1 heterocycles. The molecule has 2 N–H and O–H groups in total. The number of halogens is 1. The zero-order chi connectivity index (χ0) is 13.7. The molecule has 1 amide bonds. The highest BCUT2D eigenvalue weighted by Crippen LogP contribution is 2.06. The van der Waals surface area contributed by atoms with Crippen molar-refractivity contribution in [3.05, 3.63) is 35.6 Å². The molecule has 1 aromatic rings. The predicted molar refractivity (Wildman–Crippen MR) is 70.3 cm³/mol. The van der Waals surface area contributed by atoms with Crippen LogP contribution < -0.4 is 10.6 Å².